The number of allylic oxidation sites excluding steroid dienone is 2. The first-order chi connectivity index (χ1) is 11.1. The van der Waals surface area contributed by atoms with Crippen LogP contribution in [0.1, 0.15) is 49.5 Å². The van der Waals surface area contributed by atoms with Crippen molar-refractivity contribution < 1.29 is 19.4 Å². The summed E-state index contributed by atoms with van der Waals surface area (Å²) in [6, 6.07) is 5.28. The van der Waals surface area contributed by atoms with Crippen molar-refractivity contribution in [3.05, 3.63) is 53.6 Å². The Morgan fingerprint density at radius 3 is 2.57 bits per heavy atom. The summed E-state index contributed by atoms with van der Waals surface area (Å²) in [5, 5.41) is 9.68. The highest BCUT2D eigenvalue weighted by Crippen LogP contribution is 2.24. The molecule has 23 heavy (non-hydrogen) atoms. The molecule has 1 aromatic carbocycles. The molecule has 1 aromatic rings. The van der Waals surface area contributed by atoms with Crippen molar-refractivity contribution in [3.8, 4) is 5.75 Å². The zero-order valence-electron chi connectivity index (χ0n) is 14.1. The average molecular weight is 318 g/mol. The molecular formula is C19H26O4. The number of hydrogen-bond acceptors (Lipinski definition) is 4. The highest BCUT2D eigenvalue weighted by Gasteiger charge is 2.17. The summed E-state index contributed by atoms with van der Waals surface area (Å²) in [6.07, 6.45) is 8.31. The predicted octanol–water partition coefficient (Wildman–Crippen LogP) is 4.04. The molecule has 0 saturated carbocycles. The minimum absolute atomic E-state index is 0.424. The summed E-state index contributed by atoms with van der Waals surface area (Å²) >= 11 is 0. The number of esters is 1. The smallest absolute Gasteiger partial charge is 0.341 e. The molecular weight excluding hydrogens is 292 g/mol. The fourth-order valence-corrected chi connectivity index (χ4v) is 2.09. The molecule has 0 aliphatic heterocycles. The van der Waals surface area contributed by atoms with Gasteiger partial charge in [0.05, 0.1) is 5.56 Å². The molecule has 0 aliphatic carbocycles. The summed E-state index contributed by atoms with van der Waals surface area (Å²) in [7, 11) is 0. The largest absolute Gasteiger partial charge is 0.489 e. The molecule has 0 aromatic heterocycles. The Bertz CT molecular complexity index is 546. The van der Waals surface area contributed by atoms with Gasteiger partial charge in [-0.05, 0) is 37.5 Å². The van der Waals surface area contributed by atoms with Crippen LogP contribution in [-0.2, 0) is 11.2 Å². The zero-order valence-corrected chi connectivity index (χ0v) is 14.1. The van der Waals surface area contributed by atoms with E-state index in [0.717, 1.165) is 18.4 Å². The summed E-state index contributed by atoms with van der Waals surface area (Å²) in [5.74, 6) is 0.117. The normalized spacial score (nSPS) is 12.7. The van der Waals surface area contributed by atoms with Crippen LogP contribution in [0.25, 0.3) is 0 Å². The zero-order chi connectivity index (χ0) is 17.1. The summed E-state index contributed by atoms with van der Waals surface area (Å²) in [5.41, 5.74) is 1.21. The van der Waals surface area contributed by atoms with Gasteiger partial charge >= 0.3 is 5.97 Å². The highest BCUT2D eigenvalue weighted by molar-refractivity contribution is 5.92. The molecule has 0 heterocycles. The van der Waals surface area contributed by atoms with Crippen molar-refractivity contribution in [2.75, 3.05) is 6.61 Å². The molecule has 0 bridgehead atoms. The molecule has 0 aliphatic rings. The SMILES string of the molecule is CC/C=C\COc1cccc(C(=O)OC(O)/C=C\CC)c1CC. The maximum absolute atomic E-state index is 12.2. The lowest BCUT2D eigenvalue weighted by molar-refractivity contribution is -0.0354. The Morgan fingerprint density at radius 2 is 1.91 bits per heavy atom. The van der Waals surface area contributed by atoms with Gasteiger partial charge in [0.25, 0.3) is 0 Å². The van der Waals surface area contributed by atoms with Crippen LogP contribution in [-0.4, -0.2) is 24.0 Å². The Labute approximate surface area is 138 Å². The van der Waals surface area contributed by atoms with Gasteiger partial charge in [0.2, 0.25) is 6.29 Å². The Morgan fingerprint density at radius 1 is 1.17 bits per heavy atom. The van der Waals surface area contributed by atoms with Gasteiger partial charge < -0.3 is 14.6 Å². The third kappa shape index (κ3) is 6.28. The quantitative estimate of drug-likeness (QED) is 0.424. The Balaban J connectivity index is 2.87. The van der Waals surface area contributed by atoms with E-state index < -0.39 is 12.3 Å². The van der Waals surface area contributed by atoms with Crippen LogP contribution in [0, 0.1) is 0 Å². The van der Waals surface area contributed by atoms with Crippen LogP contribution in [0.15, 0.2) is 42.5 Å². The van der Waals surface area contributed by atoms with Crippen molar-refractivity contribution >= 4 is 5.97 Å². The average Bonchev–Trinajstić information content (AvgIpc) is 2.56. The van der Waals surface area contributed by atoms with E-state index in [1.807, 2.05) is 32.1 Å². The number of ether oxygens (including phenoxy) is 2. The summed E-state index contributed by atoms with van der Waals surface area (Å²) < 4.78 is 10.8. The van der Waals surface area contributed by atoms with Gasteiger partial charge in [0.1, 0.15) is 12.4 Å². The van der Waals surface area contributed by atoms with Gasteiger partial charge in [-0.2, -0.15) is 0 Å². The number of hydrogen-bond donors (Lipinski definition) is 1. The number of carbonyl (C=O) groups excluding carboxylic acids is 1. The predicted molar refractivity (Wildman–Crippen MR) is 91.6 cm³/mol. The molecule has 1 atom stereocenters. The van der Waals surface area contributed by atoms with Crippen molar-refractivity contribution in [2.45, 2.75) is 46.3 Å². The first-order valence-corrected chi connectivity index (χ1v) is 8.09. The molecule has 1 N–H and O–H groups in total. The Kier molecular flexibility index (Phi) is 8.76. The van der Waals surface area contributed by atoms with E-state index in [-0.39, 0.29) is 0 Å². The molecule has 0 saturated heterocycles. The van der Waals surface area contributed by atoms with E-state index in [1.54, 1.807) is 18.2 Å². The van der Waals surface area contributed by atoms with E-state index >= 15 is 0 Å². The minimum Gasteiger partial charge on any atom is -0.489 e. The van der Waals surface area contributed by atoms with Gasteiger partial charge in [-0.1, -0.05) is 45.1 Å². The maximum Gasteiger partial charge on any atom is 0.341 e. The Hall–Kier alpha value is -2.07. The van der Waals surface area contributed by atoms with Gasteiger partial charge in [-0.25, -0.2) is 4.79 Å². The second-order valence-electron chi connectivity index (χ2n) is 4.96. The van der Waals surface area contributed by atoms with Gasteiger partial charge in [0, 0.05) is 5.56 Å². The van der Waals surface area contributed by atoms with Crippen molar-refractivity contribution in [3.63, 3.8) is 0 Å². The van der Waals surface area contributed by atoms with E-state index in [1.165, 1.54) is 6.08 Å². The topological polar surface area (TPSA) is 55.8 Å². The molecule has 0 spiro atoms. The standard InChI is InChI=1S/C19H26O4/c1-4-7-9-14-22-17-12-10-11-16(15(17)6-3)19(21)23-18(20)13-8-5-2/h7-13,18,20H,4-6,14H2,1-3H3/b9-7-,13-8-. The van der Waals surface area contributed by atoms with Crippen molar-refractivity contribution in [2.24, 2.45) is 0 Å². The molecule has 1 unspecified atom stereocenters. The molecule has 0 radical (unpaired) electrons. The number of benzene rings is 1. The lowest BCUT2D eigenvalue weighted by Gasteiger charge is -2.14. The van der Waals surface area contributed by atoms with E-state index in [2.05, 4.69) is 6.92 Å². The second-order valence-corrected chi connectivity index (χ2v) is 4.96. The maximum atomic E-state index is 12.2. The van der Waals surface area contributed by atoms with Gasteiger partial charge in [-0.15, -0.1) is 0 Å². The van der Waals surface area contributed by atoms with E-state index in [9.17, 15) is 9.90 Å². The molecule has 4 heteroatoms. The van der Waals surface area contributed by atoms with Crippen LogP contribution in [0.3, 0.4) is 0 Å². The number of aliphatic hydroxyl groups excluding tert-OH is 1. The summed E-state index contributed by atoms with van der Waals surface area (Å²) in [6.45, 7) is 6.41. The first kappa shape index (κ1) is 19.0. The third-order valence-corrected chi connectivity index (χ3v) is 3.21. The minimum atomic E-state index is -1.23. The fourth-order valence-electron chi connectivity index (χ4n) is 2.09. The molecule has 4 nitrogen and oxygen atoms in total. The van der Waals surface area contributed by atoms with Gasteiger partial charge in [-0.3, -0.25) is 0 Å². The lowest BCUT2D eigenvalue weighted by Crippen LogP contribution is -2.17. The molecule has 126 valence electrons. The van der Waals surface area contributed by atoms with Crippen LogP contribution < -0.4 is 4.74 Å². The molecule has 1 rings (SSSR count). The van der Waals surface area contributed by atoms with E-state index in [0.29, 0.717) is 24.3 Å². The summed E-state index contributed by atoms with van der Waals surface area (Å²) in [4.78, 5) is 12.2. The van der Waals surface area contributed by atoms with Crippen LogP contribution in [0.4, 0.5) is 0 Å². The first-order valence-electron chi connectivity index (χ1n) is 8.09. The van der Waals surface area contributed by atoms with Crippen LogP contribution in [0.2, 0.25) is 0 Å². The van der Waals surface area contributed by atoms with E-state index in [4.69, 9.17) is 9.47 Å². The van der Waals surface area contributed by atoms with Crippen LogP contribution in [0.5, 0.6) is 5.75 Å². The van der Waals surface area contributed by atoms with Crippen molar-refractivity contribution in [1.82, 2.24) is 0 Å². The number of rotatable bonds is 9. The fraction of sp³-hybridized carbons (Fsp3) is 0.421. The monoisotopic (exact) mass is 318 g/mol. The van der Waals surface area contributed by atoms with Crippen LogP contribution >= 0.6 is 0 Å². The molecule has 0 fully saturated rings. The number of aliphatic hydroxyl groups is 1. The third-order valence-electron chi connectivity index (χ3n) is 3.21. The highest BCUT2D eigenvalue weighted by atomic mass is 16.6. The number of carbonyl (C=O) groups is 1. The van der Waals surface area contributed by atoms with Gasteiger partial charge in [0.15, 0.2) is 0 Å². The molecule has 0 amide bonds. The second kappa shape index (κ2) is 10.6. The van der Waals surface area contributed by atoms with Crippen molar-refractivity contribution in [1.29, 1.82) is 0 Å². The lowest BCUT2D eigenvalue weighted by atomic mass is 10.0.